The van der Waals surface area contributed by atoms with Crippen LogP contribution in [0.3, 0.4) is 0 Å². The molecule has 17 heavy (non-hydrogen) atoms. The van der Waals surface area contributed by atoms with Crippen LogP contribution in [0.2, 0.25) is 0 Å². The molecule has 0 heterocycles. The van der Waals surface area contributed by atoms with Gasteiger partial charge in [-0.05, 0) is 0 Å². The first kappa shape index (κ1) is 15.6. The monoisotopic (exact) mass is 343 g/mol. The van der Waals surface area contributed by atoms with Crippen molar-refractivity contribution < 1.29 is 59.7 Å². The maximum Gasteiger partial charge on any atom is 0.198 e. The van der Waals surface area contributed by atoms with Gasteiger partial charge in [-0.25, -0.2) is 17.6 Å². The molecule has 0 unspecified atom stereocenters. The zero-order valence-corrected chi connectivity index (χ0v) is 8.93. The Bertz CT molecular complexity index is 458. The van der Waals surface area contributed by atoms with Crippen LogP contribution in [0, 0.1) is 23.3 Å². The fraction of sp³-hybridized carbons (Fsp3) is 0. The van der Waals surface area contributed by atoms with Crippen LogP contribution in [0.4, 0.5) is 17.6 Å². The Hall–Kier alpha value is -1.38. The molecular formula is C8AgF4O4-2. The van der Waals surface area contributed by atoms with Crippen molar-refractivity contribution in [3.63, 3.8) is 0 Å². The minimum atomic E-state index is -2.51. The predicted molar refractivity (Wildman–Crippen MR) is 34.9 cm³/mol. The minimum Gasteiger partial charge on any atom is -0.545 e. The zero-order valence-electron chi connectivity index (χ0n) is 7.45. The van der Waals surface area contributed by atoms with E-state index in [0.717, 1.165) is 0 Å². The van der Waals surface area contributed by atoms with Crippen LogP contribution in [0.5, 0.6) is 0 Å². The molecule has 9 heteroatoms. The number of benzene rings is 1. The Labute approximate surface area is 106 Å². The second kappa shape index (κ2) is 5.30. The Balaban J connectivity index is 0.00000256. The summed E-state index contributed by atoms with van der Waals surface area (Å²) in [6, 6.07) is 0. The number of aromatic carboxylic acids is 2. The Morgan fingerprint density at radius 3 is 1.12 bits per heavy atom. The van der Waals surface area contributed by atoms with Gasteiger partial charge < -0.3 is 19.8 Å². The summed E-state index contributed by atoms with van der Waals surface area (Å²) < 4.78 is 50.8. The van der Waals surface area contributed by atoms with E-state index in [2.05, 4.69) is 0 Å². The molecule has 0 amide bonds. The van der Waals surface area contributed by atoms with Gasteiger partial charge in [0.2, 0.25) is 0 Å². The summed E-state index contributed by atoms with van der Waals surface area (Å²) in [5.74, 6) is -14.6. The summed E-state index contributed by atoms with van der Waals surface area (Å²) in [6.45, 7) is 0. The Morgan fingerprint density at radius 2 is 0.941 bits per heavy atom. The maximum atomic E-state index is 12.8. The number of rotatable bonds is 2. The van der Waals surface area contributed by atoms with Gasteiger partial charge in [-0.15, -0.1) is 0 Å². The van der Waals surface area contributed by atoms with Crippen molar-refractivity contribution in [1.29, 1.82) is 0 Å². The van der Waals surface area contributed by atoms with Crippen LogP contribution >= 0.6 is 0 Å². The van der Waals surface area contributed by atoms with Crippen LogP contribution in [-0.4, -0.2) is 11.9 Å². The van der Waals surface area contributed by atoms with E-state index in [1.165, 1.54) is 0 Å². The molecule has 1 radical (unpaired) electrons. The van der Waals surface area contributed by atoms with Crippen LogP contribution in [-0.2, 0) is 22.4 Å². The van der Waals surface area contributed by atoms with Gasteiger partial charge in [0.05, 0.1) is 11.9 Å². The number of hydrogen-bond donors (Lipinski definition) is 0. The zero-order chi connectivity index (χ0) is 12.6. The van der Waals surface area contributed by atoms with E-state index in [9.17, 15) is 37.4 Å². The second-order valence-electron chi connectivity index (χ2n) is 2.58. The van der Waals surface area contributed by atoms with Crippen molar-refractivity contribution in [2.45, 2.75) is 0 Å². The fourth-order valence-electron chi connectivity index (χ4n) is 1.02. The molecule has 0 saturated carbocycles. The van der Waals surface area contributed by atoms with E-state index in [1.54, 1.807) is 0 Å². The number of halogens is 4. The molecule has 0 atom stereocenters. The van der Waals surface area contributed by atoms with Crippen molar-refractivity contribution in [3.8, 4) is 0 Å². The molecule has 1 aromatic rings. The molecule has 97 valence electrons. The quantitative estimate of drug-likeness (QED) is 0.297. The SMILES string of the molecule is O=C([O-])c1c(F)c(F)c(F)c(F)c1C(=O)[O-].[Ag]. The van der Waals surface area contributed by atoms with Crippen LogP contribution in [0.1, 0.15) is 20.7 Å². The van der Waals surface area contributed by atoms with Crippen LogP contribution in [0.15, 0.2) is 0 Å². The molecular weight excluding hydrogens is 344 g/mol. The average Bonchev–Trinajstić information content (AvgIpc) is 2.18. The molecule has 0 saturated heterocycles. The molecule has 0 aliphatic carbocycles. The van der Waals surface area contributed by atoms with E-state index in [-0.39, 0.29) is 22.4 Å². The molecule has 0 aliphatic rings. The summed E-state index contributed by atoms with van der Waals surface area (Å²) >= 11 is 0. The van der Waals surface area contributed by atoms with Gasteiger partial charge in [0, 0.05) is 33.5 Å². The van der Waals surface area contributed by atoms with Crippen molar-refractivity contribution in [3.05, 3.63) is 34.4 Å². The van der Waals surface area contributed by atoms with E-state index in [0.29, 0.717) is 0 Å². The minimum absolute atomic E-state index is 0. The van der Waals surface area contributed by atoms with Crippen molar-refractivity contribution >= 4 is 11.9 Å². The molecule has 0 fully saturated rings. The number of carbonyl (C=O) groups is 2. The third-order valence-electron chi connectivity index (χ3n) is 1.68. The van der Waals surface area contributed by atoms with Gasteiger partial charge in [-0.2, -0.15) is 0 Å². The van der Waals surface area contributed by atoms with Crippen molar-refractivity contribution in [1.82, 2.24) is 0 Å². The second-order valence-corrected chi connectivity index (χ2v) is 2.58. The van der Waals surface area contributed by atoms with Gasteiger partial charge in [0.1, 0.15) is 0 Å². The van der Waals surface area contributed by atoms with Crippen molar-refractivity contribution in [2.75, 3.05) is 0 Å². The van der Waals surface area contributed by atoms with Gasteiger partial charge >= 0.3 is 0 Å². The van der Waals surface area contributed by atoms with E-state index >= 15 is 0 Å². The number of carbonyl (C=O) groups excluding carboxylic acids is 2. The van der Waals surface area contributed by atoms with Gasteiger partial charge in [-0.1, -0.05) is 0 Å². The van der Waals surface area contributed by atoms with Gasteiger partial charge in [0.25, 0.3) is 0 Å². The fourth-order valence-corrected chi connectivity index (χ4v) is 1.02. The third kappa shape index (κ3) is 2.48. The largest absolute Gasteiger partial charge is 0.545 e. The van der Waals surface area contributed by atoms with E-state index in [1.807, 2.05) is 0 Å². The molecule has 0 aromatic heterocycles. The first-order valence-electron chi connectivity index (χ1n) is 3.57. The predicted octanol–water partition coefficient (Wildman–Crippen LogP) is -1.03. The summed E-state index contributed by atoms with van der Waals surface area (Å²) in [7, 11) is 0. The van der Waals surface area contributed by atoms with Crippen LogP contribution < -0.4 is 10.2 Å². The molecule has 0 spiro atoms. The summed E-state index contributed by atoms with van der Waals surface area (Å²) in [6.07, 6.45) is 0. The summed E-state index contributed by atoms with van der Waals surface area (Å²) in [5.41, 5.74) is -3.87. The van der Waals surface area contributed by atoms with E-state index < -0.39 is 46.3 Å². The third-order valence-corrected chi connectivity index (χ3v) is 1.68. The number of carboxylic acids is 2. The van der Waals surface area contributed by atoms with Gasteiger partial charge in [-0.3, -0.25) is 0 Å². The molecule has 1 aromatic carbocycles. The van der Waals surface area contributed by atoms with Crippen LogP contribution in [0.25, 0.3) is 0 Å². The smallest absolute Gasteiger partial charge is 0.198 e. The topological polar surface area (TPSA) is 80.3 Å². The summed E-state index contributed by atoms with van der Waals surface area (Å²) in [5, 5.41) is 20.5. The summed E-state index contributed by atoms with van der Waals surface area (Å²) in [4.78, 5) is 20.5. The first-order valence-corrected chi connectivity index (χ1v) is 3.57. The first-order chi connectivity index (χ1) is 7.29. The number of carboxylic acid groups (broad SMARTS) is 2. The average molecular weight is 344 g/mol. The Morgan fingerprint density at radius 1 is 0.706 bits per heavy atom. The van der Waals surface area contributed by atoms with Gasteiger partial charge in [0.15, 0.2) is 23.3 Å². The molecule has 0 aliphatic heterocycles. The molecule has 1 rings (SSSR count). The van der Waals surface area contributed by atoms with Crippen molar-refractivity contribution in [2.24, 2.45) is 0 Å². The Kier molecular flexibility index (Phi) is 4.87. The molecule has 4 nitrogen and oxygen atoms in total. The van der Waals surface area contributed by atoms with E-state index in [4.69, 9.17) is 0 Å². The maximum absolute atomic E-state index is 12.8. The molecule has 0 bridgehead atoms. The number of hydrogen-bond acceptors (Lipinski definition) is 4. The standard InChI is InChI=1S/C8H2F4O4.Ag/c9-3-1(7(13)14)2(8(15)16)4(10)6(12)5(3)11;/h(H,13,14)(H,15,16);/p-2. The normalized spacial score (nSPS) is 9.65. The molecule has 0 N–H and O–H groups in total.